The summed E-state index contributed by atoms with van der Waals surface area (Å²) in [6.07, 6.45) is 0. The van der Waals surface area contributed by atoms with Crippen LogP contribution in [0.3, 0.4) is 0 Å². The Kier molecular flexibility index (Phi) is 7.49. The molecule has 0 aliphatic rings. The summed E-state index contributed by atoms with van der Waals surface area (Å²) in [4.78, 5) is 24.0. The van der Waals surface area contributed by atoms with Gasteiger partial charge in [0.25, 0.3) is 5.91 Å². The summed E-state index contributed by atoms with van der Waals surface area (Å²) in [5, 5.41) is 6.12. The number of para-hydroxylation sites is 1. The number of nitrogens with zero attached hydrogens (tertiary/aromatic N) is 3. The highest BCUT2D eigenvalue weighted by Gasteiger charge is 2.16. The van der Waals surface area contributed by atoms with Crippen molar-refractivity contribution in [2.75, 3.05) is 42.8 Å². The zero-order chi connectivity index (χ0) is 23.1. The number of hydrogen-bond acceptors (Lipinski definition) is 7. The second-order valence-electron chi connectivity index (χ2n) is 7.06. The van der Waals surface area contributed by atoms with E-state index in [0.717, 1.165) is 30.3 Å². The quantitative estimate of drug-likeness (QED) is 0.506. The zero-order valence-electron chi connectivity index (χ0n) is 19.1. The van der Waals surface area contributed by atoms with Crippen LogP contribution in [0.2, 0.25) is 0 Å². The van der Waals surface area contributed by atoms with Crippen LogP contribution in [0.1, 0.15) is 29.9 Å². The van der Waals surface area contributed by atoms with Gasteiger partial charge in [-0.1, -0.05) is 6.07 Å². The van der Waals surface area contributed by atoms with Crippen molar-refractivity contribution in [3.63, 3.8) is 0 Å². The fourth-order valence-electron chi connectivity index (χ4n) is 3.35. The van der Waals surface area contributed by atoms with E-state index in [2.05, 4.69) is 39.3 Å². The number of aromatic nitrogens is 2. The monoisotopic (exact) mass is 435 g/mol. The van der Waals surface area contributed by atoms with Crippen molar-refractivity contribution in [2.45, 2.75) is 20.8 Å². The van der Waals surface area contributed by atoms with Crippen molar-refractivity contribution in [3.05, 3.63) is 59.8 Å². The highest BCUT2D eigenvalue weighted by atomic mass is 16.5. The normalized spacial score (nSPS) is 10.4. The zero-order valence-corrected chi connectivity index (χ0v) is 19.1. The van der Waals surface area contributed by atoms with Crippen LogP contribution in [-0.2, 0) is 0 Å². The number of carbonyl (C=O) groups is 1. The van der Waals surface area contributed by atoms with E-state index in [1.165, 1.54) is 14.2 Å². The maximum absolute atomic E-state index is 12.7. The Morgan fingerprint density at radius 1 is 0.969 bits per heavy atom. The molecular formula is C24H29N5O3. The molecule has 0 saturated carbocycles. The number of methoxy groups -OCH3 is 2. The van der Waals surface area contributed by atoms with E-state index < -0.39 is 0 Å². The second-order valence-corrected chi connectivity index (χ2v) is 7.06. The molecule has 0 bridgehead atoms. The first kappa shape index (κ1) is 22.9. The highest BCUT2D eigenvalue weighted by molar-refractivity contribution is 6.06. The molecule has 3 aromatic rings. The molecule has 32 heavy (non-hydrogen) atoms. The molecule has 0 fully saturated rings. The molecule has 2 aromatic carbocycles. The summed E-state index contributed by atoms with van der Waals surface area (Å²) in [6.45, 7) is 7.90. The van der Waals surface area contributed by atoms with Crippen LogP contribution in [0.5, 0.6) is 11.5 Å². The van der Waals surface area contributed by atoms with Gasteiger partial charge in [-0.05, 0) is 57.2 Å². The van der Waals surface area contributed by atoms with Crippen LogP contribution in [0.15, 0.2) is 48.5 Å². The molecular weight excluding hydrogens is 406 g/mol. The third kappa shape index (κ3) is 5.26. The van der Waals surface area contributed by atoms with E-state index in [-0.39, 0.29) is 5.91 Å². The lowest BCUT2D eigenvalue weighted by molar-refractivity contribution is 0.102. The Morgan fingerprint density at radius 3 is 2.28 bits per heavy atom. The van der Waals surface area contributed by atoms with Gasteiger partial charge in [0.1, 0.15) is 5.82 Å². The Bertz CT molecular complexity index is 1070. The highest BCUT2D eigenvalue weighted by Crippen LogP contribution is 2.31. The topological polar surface area (TPSA) is 88.6 Å². The fraction of sp³-hybridized carbons (Fsp3) is 0.292. The maximum atomic E-state index is 12.7. The van der Waals surface area contributed by atoms with Gasteiger partial charge in [-0.25, -0.2) is 4.98 Å². The average molecular weight is 436 g/mol. The number of rotatable bonds is 9. The molecule has 3 rings (SSSR count). The summed E-state index contributed by atoms with van der Waals surface area (Å²) in [6, 6.07) is 14.5. The number of anilines is 4. The molecule has 0 saturated heterocycles. The summed E-state index contributed by atoms with van der Waals surface area (Å²) in [5.41, 5.74) is 2.75. The van der Waals surface area contributed by atoms with Gasteiger partial charge in [-0.15, -0.1) is 0 Å². The van der Waals surface area contributed by atoms with Crippen molar-refractivity contribution < 1.29 is 14.3 Å². The number of aryl methyl sites for hydroxylation is 1. The van der Waals surface area contributed by atoms with Crippen molar-refractivity contribution in [1.82, 2.24) is 9.97 Å². The number of nitrogens with one attached hydrogen (secondary N) is 2. The van der Waals surface area contributed by atoms with Crippen LogP contribution in [0, 0.1) is 6.92 Å². The van der Waals surface area contributed by atoms with Crippen LogP contribution >= 0.6 is 0 Å². The second kappa shape index (κ2) is 10.5. The molecule has 1 aromatic heterocycles. The van der Waals surface area contributed by atoms with E-state index in [4.69, 9.17) is 9.47 Å². The molecule has 0 radical (unpaired) electrons. The Balaban J connectivity index is 1.73. The first-order valence-corrected chi connectivity index (χ1v) is 10.5. The van der Waals surface area contributed by atoms with E-state index in [1.54, 1.807) is 18.2 Å². The molecule has 168 valence electrons. The van der Waals surface area contributed by atoms with E-state index >= 15 is 0 Å². The van der Waals surface area contributed by atoms with Crippen LogP contribution in [-0.4, -0.2) is 43.2 Å². The molecule has 8 heteroatoms. The number of ether oxygens (including phenoxy) is 2. The van der Waals surface area contributed by atoms with Gasteiger partial charge in [0.15, 0.2) is 11.5 Å². The van der Waals surface area contributed by atoms with Gasteiger partial charge in [-0.3, -0.25) is 4.79 Å². The van der Waals surface area contributed by atoms with Crippen molar-refractivity contribution in [2.24, 2.45) is 0 Å². The molecule has 2 N–H and O–H groups in total. The first-order valence-electron chi connectivity index (χ1n) is 10.5. The minimum absolute atomic E-state index is 0.285. The number of carbonyl (C=O) groups excluding carboxylic acids is 1. The van der Waals surface area contributed by atoms with E-state index in [1.807, 2.05) is 37.3 Å². The molecule has 1 heterocycles. The average Bonchev–Trinajstić information content (AvgIpc) is 2.80. The lowest BCUT2D eigenvalue weighted by Crippen LogP contribution is -2.23. The minimum atomic E-state index is -0.285. The largest absolute Gasteiger partial charge is 0.493 e. The Morgan fingerprint density at radius 2 is 1.66 bits per heavy atom. The molecule has 0 aliphatic heterocycles. The van der Waals surface area contributed by atoms with Crippen molar-refractivity contribution >= 4 is 29.0 Å². The third-order valence-corrected chi connectivity index (χ3v) is 4.97. The molecule has 8 nitrogen and oxygen atoms in total. The molecule has 0 aliphatic carbocycles. The minimum Gasteiger partial charge on any atom is -0.493 e. The van der Waals surface area contributed by atoms with Gasteiger partial charge in [0, 0.05) is 36.2 Å². The van der Waals surface area contributed by atoms with Gasteiger partial charge in [0.2, 0.25) is 5.95 Å². The van der Waals surface area contributed by atoms with Crippen molar-refractivity contribution in [3.8, 4) is 11.5 Å². The van der Waals surface area contributed by atoms with Gasteiger partial charge >= 0.3 is 0 Å². The lowest BCUT2D eigenvalue weighted by Gasteiger charge is -2.20. The fourth-order valence-corrected chi connectivity index (χ4v) is 3.35. The summed E-state index contributed by atoms with van der Waals surface area (Å²) >= 11 is 0. The van der Waals surface area contributed by atoms with Crippen LogP contribution < -0.4 is 25.0 Å². The number of hydrogen-bond donors (Lipinski definition) is 2. The summed E-state index contributed by atoms with van der Waals surface area (Å²) < 4.78 is 10.6. The van der Waals surface area contributed by atoms with Gasteiger partial charge < -0.3 is 25.0 Å². The molecule has 0 unspecified atom stereocenters. The number of benzene rings is 2. The predicted octanol–water partition coefficient (Wildman–Crippen LogP) is 4.64. The van der Waals surface area contributed by atoms with Crippen molar-refractivity contribution in [1.29, 1.82) is 0 Å². The van der Waals surface area contributed by atoms with E-state index in [9.17, 15) is 4.79 Å². The summed E-state index contributed by atoms with van der Waals surface area (Å²) in [7, 11) is 3.04. The SMILES string of the molecule is CCN(CC)c1cc(C)nc(Nc2ccc(NC(=O)c3cccc(OC)c3OC)cc2)n1. The number of amides is 1. The lowest BCUT2D eigenvalue weighted by atomic mass is 10.1. The Hall–Kier alpha value is -3.81. The Labute approximate surface area is 188 Å². The standard InChI is InChI=1S/C24H29N5O3/c1-6-29(7-2)21-15-16(3)25-24(28-21)27-18-13-11-17(12-14-18)26-23(30)19-9-8-10-20(31-4)22(19)32-5/h8-15H,6-7H2,1-5H3,(H,26,30)(H,25,27,28). The summed E-state index contributed by atoms with van der Waals surface area (Å²) in [5.74, 6) is 2.03. The smallest absolute Gasteiger partial charge is 0.259 e. The predicted molar refractivity (Wildman–Crippen MR) is 128 cm³/mol. The van der Waals surface area contributed by atoms with E-state index in [0.29, 0.717) is 28.7 Å². The van der Waals surface area contributed by atoms with Crippen LogP contribution in [0.4, 0.5) is 23.1 Å². The van der Waals surface area contributed by atoms with Crippen LogP contribution in [0.25, 0.3) is 0 Å². The molecule has 0 spiro atoms. The first-order chi connectivity index (χ1) is 15.5. The third-order valence-electron chi connectivity index (χ3n) is 4.97. The van der Waals surface area contributed by atoms with Gasteiger partial charge in [0.05, 0.1) is 19.8 Å². The molecule has 0 atom stereocenters. The molecule has 1 amide bonds. The maximum Gasteiger partial charge on any atom is 0.259 e. The van der Waals surface area contributed by atoms with Gasteiger partial charge in [-0.2, -0.15) is 4.98 Å².